The van der Waals surface area contributed by atoms with Gasteiger partial charge in [0, 0.05) is 10.9 Å². The number of ether oxygens (including phenoxy) is 1. The van der Waals surface area contributed by atoms with Crippen LogP contribution in [0.4, 0.5) is 0 Å². The first-order chi connectivity index (χ1) is 11.6. The lowest BCUT2D eigenvalue weighted by Crippen LogP contribution is -2.10. The predicted molar refractivity (Wildman–Crippen MR) is 90.8 cm³/mol. The molecule has 120 valence electrons. The Morgan fingerprint density at radius 1 is 1.21 bits per heavy atom. The smallest absolute Gasteiger partial charge is 0.315 e. The minimum absolute atomic E-state index is 0.133. The van der Waals surface area contributed by atoms with Crippen LogP contribution in [0.15, 0.2) is 53.1 Å². The molecule has 0 radical (unpaired) electrons. The maximum absolute atomic E-state index is 12.2. The van der Waals surface area contributed by atoms with Crippen LogP contribution in [0.5, 0.6) is 5.75 Å². The van der Waals surface area contributed by atoms with E-state index in [9.17, 15) is 4.79 Å². The number of esters is 1. The SMILES string of the molecule is CC(C)c1ccc2occ(CC(=O)Oc3ccc(C#N)cc3)c2c1. The summed E-state index contributed by atoms with van der Waals surface area (Å²) in [5.74, 6) is 0.467. The minimum Gasteiger partial charge on any atom is -0.464 e. The van der Waals surface area contributed by atoms with Crippen LogP contribution in [0.2, 0.25) is 0 Å². The number of carbonyl (C=O) groups excluding carboxylic acids is 1. The fourth-order valence-electron chi connectivity index (χ4n) is 2.52. The number of hydrogen-bond acceptors (Lipinski definition) is 4. The molecule has 3 aromatic rings. The summed E-state index contributed by atoms with van der Waals surface area (Å²) in [7, 11) is 0. The highest BCUT2D eigenvalue weighted by Gasteiger charge is 2.13. The zero-order chi connectivity index (χ0) is 17.1. The number of furan rings is 1. The first-order valence-corrected chi connectivity index (χ1v) is 7.77. The van der Waals surface area contributed by atoms with Crippen molar-refractivity contribution in [3.63, 3.8) is 0 Å². The van der Waals surface area contributed by atoms with E-state index in [0.29, 0.717) is 17.2 Å². The number of nitrogens with zero attached hydrogens (tertiary/aromatic N) is 1. The Morgan fingerprint density at radius 3 is 2.62 bits per heavy atom. The molecule has 0 bridgehead atoms. The molecule has 3 rings (SSSR count). The molecule has 0 fully saturated rings. The van der Waals surface area contributed by atoms with Crippen LogP contribution < -0.4 is 4.74 Å². The minimum atomic E-state index is -0.364. The third kappa shape index (κ3) is 3.31. The Kier molecular flexibility index (Phi) is 4.35. The average molecular weight is 319 g/mol. The molecule has 0 unspecified atom stereocenters. The van der Waals surface area contributed by atoms with E-state index < -0.39 is 0 Å². The second-order valence-corrected chi connectivity index (χ2v) is 5.96. The molecule has 0 atom stereocenters. The van der Waals surface area contributed by atoms with Gasteiger partial charge in [-0.25, -0.2) is 0 Å². The molecule has 0 saturated carbocycles. The van der Waals surface area contributed by atoms with Crippen molar-refractivity contribution in [2.24, 2.45) is 0 Å². The summed E-state index contributed by atoms with van der Waals surface area (Å²) in [6, 6.07) is 14.5. The van der Waals surface area contributed by atoms with Gasteiger partial charge in [-0.3, -0.25) is 4.79 Å². The summed E-state index contributed by atoms with van der Waals surface area (Å²) in [5.41, 5.74) is 3.30. The largest absolute Gasteiger partial charge is 0.464 e. The number of benzene rings is 2. The lowest BCUT2D eigenvalue weighted by Gasteiger charge is -2.06. The molecule has 0 aliphatic carbocycles. The van der Waals surface area contributed by atoms with E-state index in [0.717, 1.165) is 16.5 Å². The first kappa shape index (κ1) is 15.8. The number of rotatable bonds is 4. The van der Waals surface area contributed by atoms with Gasteiger partial charge in [0.1, 0.15) is 11.3 Å². The highest BCUT2D eigenvalue weighted by molar-refractivity contribution is 5.87. The van der Waals surface area contributed by atoms with Crippen LogP contribution in [0.3, 0.4) is 0 Å². The van der Waals surface area contributed by atoms with E-state index in [1.165, 1.54) is 5.56 Å². The Morgan fingerprint density at radius 2 is 1.96 bits per heavy atom. The van der Waals surface area contributed by atoms with Gasteiger partial charge in [-0.15, -0.1) is 0 Å². The first-order valence-electron chi connectivity index (χ1n) is 7.77. The standard InChI is InChI=1S/C20H17NO3/c1-13(2)15-5-8-19-18(9-15)16(12-23-19)10-20(22)24-17-6-3-14(11-21)4-7-17/h3-9,12-13H,10H2,1-2H3. The van der Waals surface area contributed by atoms with Crippen molar-refractivity contribution in [1.82, 2.24) is 0 Å². The van der Waals surface area contributed by atoms with Crippen molar-refractivity contribution in [3.8, 4) is 11.8 Å². The third-order valence-electron chi connectivity index (χ3n) is 3.89. The fourth-order valence-corrected chi connectivity index (χ4v) is 2.52. The van der Waals surface area contributed by atoms with E-state index in [1.54, 1.807) is 30.5 Å². The number of carbonyl (C=O) groups is 1. The zero-order valence-corrected chi connectivity index (χ0v) is 13.6. The van der Waals surface area contributed by atoms with Crippen LogP contribution in [0, 0.1) is 11.3 Å². The molecule has 0 aliphatic rings. The lowest BCUT2D eigenvalue weighted by atomic mass is 10.00. The van der Waals surface area contributed by atoms with Gasteiger partial charge >= 0.3 is 5.97 Å². The molecule has 0 aliphatic heterocycles. The Hall–Kier alpha value is -3.06. The molecular formula is C20H17NO3. The van der Waals surface area contributed by atoms with E-state index >= 15 is 0 Å². The quantitative estimate of drug-likeness (QED) is 0.522. The fraction of sp³-hybridized carbons (Fsp3) is 0.200. The van der Waals surface area contributed by atoms with Crippen LogP contribution >= 0.6 is 0 Å². The molecule has 1 aromatic heterocycles. The van der Waals surface area contributed by atoms with Gasteiger partial charge in [0.2, 0.25) is 0 Å². The molecule has 4 heteroatoms. The van der Waals surface area contributed by atoms with Gasteiger partial charge in [-0.05, 0) is 47.9 Å². The molecule has 0 saturated heterocycles. The van der Waals surface area contributed by atoms with Crippen molar-refractivity contribution in [1.29, 1.82) is 5.26 Å². The highest BCUT2D eigenvalue weighted by atomic mass is 16.5. The monoisotopic (exact) mass is 319 g/mol. The summed E-state index contributed by atoms with van der Waals surface area (Å²) < 4.78 is 10.8. The summed E-state index contributed by atoms with van der Waals surface area (Å²) in [4.78, 5) is 12.2. The zero-order valence-electron chi connectivity index (χ0n) is 13.6. The van der Waals surface area contributed by atoms with Crippen LogP contribution in [0.25, 0.3) is 11.0 Å². The predicted octanol–water partition coefficient (Wildman–Crippen LogP) is 4.58. The van der Waals surface area contributed by atoms with Gasteiger partial charge in [0.05, 0.1) is 24.3 Å². The van der Waals surface area contributed by atoms with E-state index in [2.05, 4.69) is 19.9 Å². The number of fused-ring (bicyclic) bond motifs is 1. The Balaban J connectivity index is 1.77. The molecule has 0 N–H and O–H groups in total. The third-order valence-corrected chi connectivity index (χ3v) is 3.89. The van der Waals surface area contributed by atoms with Crippen molar-refractivity contribution < 1.29 is 13.9 Å². The van der Waals surface area contributed by atoms with Crippen molar-refractivity contribution >= 4 is 16.9 Å². The lowest BCUT2D eigenvalue weighted by molar-refractivity contribution is -0.133. The maximum Gasteiger partial charge on any atom is 0.315 e. The normalized spacial score (nSPS) is 10.8. The van der Waals surface area contributed by atoms with Gasteiger partial charge in [-0.1, -0.05) is 19.9 Å². The molecule has 0 amide bonds. The molecule has 24 heavy (non-hydrogen) atoms. The summed E-state index contributed by atoms with van der Waals surface area (Å²) >= 11 is 0. The van der Waals surface area contributed by atoms with Gasteiger partial charge in [0.25, 0.3) is 0 Å². The number of nitriles is 1. The summed E-state index contributed by atoms with van der Waals surface area (Å²) in [6.07, 6.45) is 1.74. The van der Waals surface area contributed by atoms with E-state index in [4.69, 9.17) is 14.4 Å². The van der Waals surface area contributed by atoms with Crippen molar-refractivity contribution in [3.05, 3.63) is 65.4 Å². The Bertz CT molecular complexity index is 914. The molecular weight excluding hydrogens is 302 g/mol. The van der Waals surface area contributed by atoms with Crippen LogP contribution in [-0.2, 0) is 11.2 Å². The van der Waals surface area contributed by atoms with Gasteiger partial charge < -0.3 is 9.15 Å². The van der Waals surface area contributed by atoms with E-state index in [1.807, 2.05) is 18.2 Å². The Labute approximate surface area is 140 Å². The molecule has 1 heterocycles. The summed E-state index contributed by atoms with van der Waals surface area (Å²) in [5, 5.41) is 9.72. The molecule has 2 aromatic carbocycles. The maximum atomic E-state index is 12.2. The second-order valence-electron chi connectivity index (χ2n) is 5.96. The second kappa shape index (κ2) is 6.59. The summed E-state index contributed by atoms with van der Waals surface area (Å²) in [6.45, 7) is 4.25. The average Bonchev–Trinajstić information content (AvgIpc) is 2.97. The van der Waals surface area contributed by atoms with Crippen LogP contribution in [-0.4, -0.2) is 5.97 Å². The van der Waals surface area contributed by atoms with Crippen molar-refractivity contribution in [2.75, 3.05) is 0 Å². The highest BCUT2D eigenvalue weighted by Crippen LogP contribution is 2.26. The molecule has 4 nitrogen and oxygen atoms in total. The van der Waals surface area contributed by atoms with Crippen molar-refractivity contribution in [2.45, 2.75) is 26.2 Å². The van der Waals surface area contributed by atoms with Gasteiger partial charge in [0.15, 0.2) is 0 Å². The van der Waals surface area contributed by atoms with E-state index in [-0.39, 0.29) is 12.4 Å². The number of hydrogen-bond donors (Lipinski definition) is 0. The molecule has 0 spiro atoms. The van der Waals surface area contributed by atoms with Crippen LogP contribution in [0.1, 0.15) is 36.5 Å². The van der Waals surface area contributed by atoms with Gasteiger partial charge in [-0.2, -0.15) is 5.26 Å². The topological polar surface area (TPSA) is 63.2 Å².